The molecule has 0 radical (unpaired) electrons. The number of aliphatic hydroxyl groups excluding tert-OH is 1. The van der Waals surface area contributed by atoms with Crippen molar-refractivity contribution in [2.45, 2.75) is 105 Å². The van der Waals surface area contributed by atoms with Gasteiger partial charge in [-0.25, -0.2) is 0 Å². The second-order valence-corrected chi connectivity index (χ2v) is 13.8. The summed E-state index contributed by atoms with van der Waals surface area (Å²) in [5.74, 6) is 1.25. The van der Waals surface area contributed by atoms with Gasteiger partial charge >= 0.3 is 0 Å². The van der Waals surface area contributed by atoms with E-state index in [1.165, 1.54) is 23.2 Å². The van der Waals surface area contributed by atoms with Gasteiger partial charge in [-0.1, -0.05) is 73.0 Å². The number of aldehydes is 1. The summed E-state index contributed by atoms with van der Waals surface area (Å²) in [5.41, 5.74) is 5.84. The van der Waals surface area contributed by atoms with E-state index >= 15 is 0 Å². The van der Waals surface area contributed by atoms with E-state index in [2.05, 4.69) is 107 Å². The zero-order valence-corrected chi connectivity index (χ0v) is 27.6. The first kappa shape index (κ1) is 34.1. The molecule has 4 rings (SSSR count). The fourth-order valence-corrected chi connectivity index (χ4v) is 5.37. The number of aromatic nitrogens is 3. The first-order valence-corrected chi connectivity index (χ1v) is 15.5. The monoisotopic (exact) mass is 589 g/mol. The van der Waals surface area contributed by atoms with Crippen LogP contribution in [-0.2, 0) is 11.2 Å². The van der Waals surface area contributed by atoms with Gasteiger partial charge < -0.3 is 19.3 Å². The molecule has 2 aromatic heterocycles. The first-order chi connectivity index (χ1) is 20.3. The Hall–Kier alpha value is -3.39. The Balaban J connectivity index is 0.000000765. The van der Waals surface area contributed by atoms with E-state index in [-0.39, 0.29) is 30.4 Å². The fraction of sp³-hybridized carbons (Fsp3) is 0.571. The van der Waals surface area contributed by atoms with E-state index in [1.807, 2.05) is 18.3 Å². The highest BCUT2D eigenvalue weighted by atomic mass is 16.5. The summed E-state index contributed by atoms with van der Waals surface area (Å²) in [6, 6.07) is 10.0. The van der Waals surface area contributed by atoms with Gasteiger partial charge in [0.05, 0.1) is 12.5 Å². The molecular formula is C35H51N5O3. The number of pyridine rings is 1. The molecule has 43 heavy (non-hydrogen) atoms. The van der Waals surface area contributed by atoms with Crippen molar-refractivity contribution in [3.63, 3.8) is 0 Å². The fourth-order valence-electron chi connectivity index (χ4n) is 5.37. The molecule has 8 nitrogen and oxygen atoms in total. The summed E-state index contributed by atoms with van der Waals surface area (Å²) in [7, 11) is 0. The summed E-state index contributed by atoms with van der Waals surface area (Å²) in [4.78, 5) is 26.7. The van der Waals surface area contributed by atoms with Crippen molar-refractivity contribution in [1.82, 2.24) is 15.1 Å². The van der Waals surface area contributed by atoms with E-state index in [1.54, 1.807) is 0 Å². The number of carbonyl (C=O) groups excluding carboxylic acids is 1. The van der Waals surface area contributed by atoms with Crippen LogP contribution in [0.2, 0.25) is 0 Å². The van der Waals surface area contributed by atoms with Gasteiger partial charge in [-0.05, 0) is 72.2 Å². The molecule has 3 unspecified atom stereocenters. The number of carbonyl (C=O) groups is 1. The van der Waals surface area contributed by atoms with Crippen molar-refractivity contribution in [2.75, 3.05) is 18.1 Å². The van der Waals surface area contributed by atoms with Crippen molar-refractivity contribution in [3.8, 4) is 11.4 Å². The van der Waals surface area contributed by atoms with Crippen molar-refractivity contribution >= 4 is 18.7 Å². The van der Waals surface area contributed by atoms with Crippen LogP contribution in [0, 0.1) is 10.8 Å². The van der Waals surface area contributed by atoms with Crippen LogP contribution < -0.4 is 4.90 Å². The second kappa shape index (κ2) is 14.4. The zero-order chi connectivity index (χ0) is 31.9. The number of nitrogens with zero attached hydrogens (tertiary/aromatic N) is 5. The van der Waals surface area contributed by atoms with E-state index in [0.717, 1.165) is 30.5 Å². The quantitative estimate of drug-likeness (QED) is 0.182. The molecule has 234 valence electrons. The predicted molar refractivity (Wildman–Crippen MR) is 175 cm³/mol. The lowest BCUT2D eigenvalue weighted by atomic mass is 9.76. The third-order valence-corrected chi connectivity index (χ3v) is 8.29. The number of rotatable bonds is 11. The van der Waals surface area contributed by atoms with Crippen LogP contribution in [0.1, 0.15) is 116 Å². The van der Waals surface area contributed by atoms with E-state index in [0.29, 0.717) is 23.0 Å². The minimum Gasteiger partial charge on any atom is -0.396 e. The Morgan fingerprint density at radius 3 is 2.40 bits per heavy atom. The summed E-state index contributed by atoms with van der Waals surface area (Å²) < 4.78 is 5.41. The average molecular weight is 590 g/mol. The third kappa shape index (κ3) is 8.37. The molecule has 1 aromatic carbocycles. The van der Waals surface area contributed by atoms with Crippen LogP contribution in [0.15, 0.2) is 46.0 Å². The number of benzene rings is 1. The highest BCUT2D eigenvalue weighted by molar-refractivity contribution is 5.70. The number of likely N-dealkylation sites (N-methyl/N-ethyl adjacent to an activating group) is 1. The molecule has 3 aromatic rings. The molecule has 0 saturated carbocycles. The Bertz CT molecular complexity index is 1350. The lowest BCUT2D eigenvalue weighted by Crippen LogP contribution is -2.30. The Morgan fingerprint density at radius 1 is 1.14 bits per heavy atom. The van der Waals surface area contributed by atoms with Crippen LogP contribution in [0.25, 0.3) is 11.4 Å². The number of hydrogen-bond acceptors (Lipinski definition) is 8. The Labute approximate surface area is 258 Å². The molecule has 1 N–H and O–H groups in total. The van der Waals surface area contributed by atoms with E-state index in [9.17, 15) is 9.90 Å². The summed E-state index contributed by atoms with van der Waals surface area (Å²) >= 11 is 0. The van der Waals surface area contributed by atoms with Gasteiger partial charge in [0.1, 0.15) is 12.3 Å². The van der Waals surface area contributed by atoms with Gasteiger partial charge in [-0.15, -0.1) is 0 Å². The average Bonchev–Trinajstić information content (AvgIpc) is 3.57. The highest BCUT2D eigenvalue weighted by Crippen LogP contribution is 2.54. The number of aliphatic imine (C=N–C) groups is 1. The maximum Gasteiger partial charge on any atom is 0.229 e. The van der Waals surface area contributed by atoms with Gasteiger partial charge in [0.2, 0.25) is 11.7 Å². The van der Waals surface area contributed by atoms with E-state index in [4.69, 9.17) is 9.51 Å². The van der Waals surface area contributed by atoms with Gasteiger partial charge in [0, 0.05) is 42.2 Å². The Kier molecular flexibility index (Phi) is 11.4. The van der Waals surface area contributed by atoms with Crippen LogP contribution in [0.4, 0.5) is 5.69 Å². The lowest BCUT2D eigenvalue weighted by molar-refractivity contribution is -0.108. The first-order valence-electron chi connectivity index (χ1n) is 15.5. The normalized spacial score (nSPS) is 17.3. The standard InChI is InChI=1S/C29H37N5O3.C6H14/c1-7-34-24-11-10-19(28-32-25(37-33-28)14-20(16-35)30-6)13-22(24)23(15-29(4,5)17-36)27(34)21-9-8-12-31-26(21)18(2)3;1-5-6(2,3)4/h8-13,16,18,20,23,27,36H,6-7,14-15,17H2,1-5H3;5H2,1-4H3. The molecule has 0 spiro atoms. The number of aliphatic hydroxyl groups is 1. The molecule has 0 fully saturated rings. The van der Waals surface area contributed by atoms with Crippen LogP contribution in [0.3, 0.4) is 0 Å². The minimum absolute atomic E-state index is 0.0972. The molecule has 0 amide bonds. The van der Waals surface area contributed by atoms with Crippen LogP contribution in [0.5, 0.6) is 0 Å². The second-order valence-electron chi connectivity index (χ2n) is 13.8. The number of fused-ring (bicyclic) bond motifs is 1. The minimum atomic E-state index is -0.605. The SMILES string of the molecule is C=NC(C=O)Cc1nc(-c2ccc3c(c2)C(CC(C)(C)CO)C(c2cccnc2C(C)C)N3CC)no1.CCC(C)(C)C. The molecule has 1 aliphatic rings. The molecule has 1 aliphatic heterocycles. The van der Waals surface area contributed by atoms with Crippen LogP contribution in [-0.4, -0.2) is 52.4 Å². The largest absolute Gasteiger partial charge is 0.396 e. The molecular weight excluding hydrogens is 538 g/mol. The molecule has 3 atom stereocenters. The predicted octanol–water partition coefficient (Wildman–Crippen LogP) is 7.58. The zero-order valence-electron chi connectivity index (χ0n) is 27.6. The van der Waals surface area contributed by atoms with Gasteiger partial charge in [0.15, 0.2) is 0 Å². The summed E-state index contributed by atoms with van der Waals surface area (Å²) in [6.45, 7) is 24.1. The van der Waals surface area contributed by atoms with Crippen molar-refractivity contribution in [3.05, 3.63) is 59.2 Å². The molecule has 0 aliphatic carbocycles. The molecule has 8 heteroatoms. The van der Waals surface area contributed by atoms with Gasteiger partial charge in [-0.3, -0.25) is 9.98 Å². The van der Waals surface area contributed by atoms with Gasteiger partial charge in [-0.2, -0.15) is 4.98 Å². The molecule has 0 saturated heterocycles. The lowest BCUT2D eigenvalue weighted by Gasteiger charge is -2.35. The topological polar surface area (TPSA) is 105 Å². The van der Waals surface area contributed by atoms with Crippen LogP contribution >= 0.6 is 0 Å². The number of hydrogen-bond donors (Lipinski definition) is 1. The van der Waals surface area contributed by atoms with Crippen molar-refractivity contribution in [1.29, 1.82) is 0 Å². The smallest absolute Gasteiger partial charge is 0.229 e. The third-order valence-electron chi connectivity index (χ3n) is 8.29. The molecule has 3 heterocycles. The maximum atomic E-state index is 11.1. The van der Waals surface area contributed by atoms with E-state index < -0.39 is 6.04 Å². The van der Waals surface area contributed by atoms with Gasteiger partial charge in [0.25, 0.3) is 0 Å². The summed E-state index contributed by atoms with van der Waals surface area (Å²) in [6.07, 6.45) is 4.89. The summed E-state index contributed by atoms with van der Waals surface area (Å²) in [5, 5.41) is 14.4. The Morgan fingerprint density at radius 2 is 1.84 bits per heavy atom. The van der Waals surface area contributed by atoms with Crippen molar-refractivity contribution < 1.29 is 14.4 Å². The maximum absolute atomic E-state index is 11.1. The molecule has 0 bridgehead atoms. The van der Waals surface area contributed by atoms with Crippen molar-refractivity contribution in [2.24, 2.45) is 15.8 Å². The number of anilines is 1. The highest BCUT2D eigenvalue weighted by Gasteiger charge is 2.42.